The second-order valence-electron chi connectivity index (χ2n) is 4.97. The number of phenolic OH excluding ortho intramolecular Hbond substituents is 2. The summed E-state index contributed by atoms with van der Waals surface area (Å²) in [7, 11) is 0. The van der Waals surface area contributed by atoms with E-state index in [0.717, 1.165) is 0 Å². The van der Waals surface area contributed by atoms with Crippen molar-refractivity contribution in [2.75, 3.05) is 0 Å². The molecule has 0 saturated heterocycles. The van der Waals surface area contributed by atoms with Crippen LogP contribution in [-0.4, -0.2) is 15.2 Å². The molecule has 0 saturated carbocycles. The maximum atomic E-state index is 8.88. The molecular weight excluding hydrogens is 357 g/mol. The summed E-state index contributed by atoms with van der Waals surface area (Å²) >= 11 is 11.0. The highest BCUT2D eigenvalue weighted by Gasteiger charge is 1.99. The monoisotopic (exact) mass is 373 g/mol. The second kappa shape index (κ2) is 9.62. The predicted octanol–water partition coefficient (Wildman–Crippen LogP) is 6.26. The highest BCUT2D eigenvalue weighted by atomic mass is 35.5. The lowest BCUT2D eigenvalue weighted by Crippen LogP contribution is -1.67. The molecule has 0 amide bonds. The predicted molar refractivity (Wildman–Crippen MR) is 105 cm³/mol. The van der Waals surface area contributed by atoms with Crippen LogP contribution < -0.4 is 0 Å². The van der Waals surface area contributed by atoms with Gasteiger partial charge in [-0.1, -0.05) is 65.7 Å². The van der Waals surface area contributed by atoms with Crippen LogP contribution in [0.1, 0.15) is 0 Å². The summed E-state index contributed by atoms with van der Waals surface area (Å²) in [6, 6.07) is 23.7. The molecule has 4 aromatic rings. The number of aromatic amines is 1. The van der Waals surface area contributed by atoms with E-state index in [4.69, 9.17) is 33.4 Å². The van der Waals surface area contributed by atoms with Crippen LogP contribution in [-0.2, 0) is 0 Å². The average Bonchev–Trinajstić information content (AvgIpc) is 3.10. The summed E-state index contributed by atoms with van der Waals surface area (Å²) in [5.41, 5.74) is 1.21. The van der Waals surface area contributed by atoms with Crippen LogP contribution in [0.5, 0.6) is 11.5 Å². The largest absolute Gasteiger partial charge is 0.508 e. The molecule has 0 aliphatic carbocycles. The number of H-pyrrole nitrogens is 1. The summed E-state index contributed by atoms with van der Waals surface area (Å²) in [4.78, 5) is 3.12. The lowest BCUT2D eigenvalue weighted by atomic mass is 10.3. The van der Waals surface area contributed by atoms with Crippen molar-refractivity contribution in [2.24, 2.45) is 0 Å². The topological polar surface area (TPSA) is 56.2 Å². The fourth-order valence-electron chi connectivity index (χ4n) is 1.92. The first-order valence-electron chi connectivity index (χ1n) is 7.47. The van der Waals surface area contributed by atoms with E-state index < -0.39 is 0 Å². The van der Waals surface area contributed by atoms with Crippen molar-refractivity contribution >= 4 is 34.1 Å². The first kappa shape index (κ1) is 18.7. The summed E-state index contributed by atoms with van der Waals surface area (Å²) < 4.78 is 0. The number of rotatable bonds is 0. The van der Waals surface area contributed by atoms with Gasteiger partial charge < -0.3 is 15.2 Å². The van der Waals surface area contributed by atoms with E-state index in [9.17, 15) is 0 Å². The third-order valence-corrected chi connectivity index (χ3v) is 3.96. The number of halogens is 2. The standard InChI is InChI=1S/C8H7N.C6H4Cl2O.C6H6O/c1-2-4-8-7(3-1)5-6-9-8;7-4-2-1-3-5(9)6(4)8;7-6-4-2-1-3-5-6/h1-6,9H;1-3,9H;1-5,7H. The smallest absolute Gasteiger partial charge is 0.135 e. The molecule has 5 heteroatoms. The first-order chi connectivity index (χ1) is 12.1. The molecule has 0 radical (unpaired) electrons. The van der Waals surface area contributed by atoms with E-state index in [1.807, 2.05) is 24.4 Å². The number of hydrogen-bond acceptors (Lipinski definition) is 2. The molecule has 0 fully saturated rings. The maximum absolute atomic E-state index is 8.88. The van der Waals surface area contributed by atoms with E-state index in [-0.39, 0.29) is 10.8 Å². The zero-order chi connectivity index (χ0) is 18.1. The molecular formula is C20H17Cl2NO2. The van der Waals surface area contributed by atoms with Crippen LogP contribution in [0, 0.1) is 0 Å². The second-order valence-corrected chi connectivity index (χ2v) is 5.76. The summed E-state index contributed by atoms with van der Waals surface area (Å²) in [5.74, 6) is 0.340. The van der Waals surface area contributed by atoms with E-state index in [1.54, 1.807) is 36.4 Å². The molecule has 3 nitrogen and oxygen atoms in total. The summed E-state index contributed by atoms with van der Waals surface area (Å²) in [6.45, 7) is 0. The molecule has 0 aliphatic heterocycles. The van der Waals surface area contributed by atoms with Gasteiger partial charge in [-0.25, -0.2) is 0 Å². The summed E-state index contributed by atoms with van der Waals surface area (Å²) in [6.07, 6.45) is 1.95. The minimum atomic E-state index is 0.0177. The van der Waals surface area contributed by atoms with Crippen LogP contribution >= 0.6 is 23.2 Å². The van der Waals surface area contributed by atoms with Gasteiger partial charge >= 0.3 is 0 Å². The van der Waals surface area contributed by atoms with Gasteiger partial charge in [0.2, 0.25) is 0 Å². The Kier molecular flexibility index (Phi) is 7.20. The Bertz CT molecular complexity index is 857. The molecule has 0 aliphatic rings. The number of phenols is 2. The van der Waals surface area contributed by atoms with E-state index in [1.165, 1.54) is 17.0 Å². The van der Waals surface area contributed by atoms with Crippen LogP contribution in [0.25, 0.3) is 10.9 Å². The Morgan fingerprint density at radius 1 is 0.680 bits per heavy atom. The number of hydrogen-bond donors (Lipinski definition) is 3. The number of nitrogens with one attached hydrogen (secondary N) is 1. The van der Waals surface area contributed by atoms with Crippen molar-refractivity contribution in [2.45, 2.75) is 0 Å². The minimum Gasteiger partial charge on any atom is -0.508 e. The van der Waals surface area contributed by atoms with E-state index in [2.05, 4.69) is 23.2 Å². The van der Waals surface area contributed by atoms with Gasteiger partial charge in [-0.2, -0.15) is 0 Å². The number of aromatic hydroxyl groups is 2. The molecule has 25 heavy (non-hydrogen) atoms. The highest BCUT2D eigenvalue weighted by Crippen LogP contribution is 2.29. The minimum absolute atomic E-state index is 0.0177. The molecule has 3 N–H and O–H groups in total. The normalized spacial score (nSPS) is 9.52. The van der Waals surface area contributed by atoms with Gasteiger partial charge in [-0.15, -0.1) is 0 Å². The molecule has 1 aromatic heterocycles. The van der Waals surface area contributed by atoms with E-state index >= 15 is 0 Å². The molecule has 128 valence electrons. The summed E-state index contributed by atoms with van der Waals surface area (Å²) in [5, 5.41) is 19.4. The van der Waals surface area contributed by atoms with Gasteiger partial charge in [0.25, 0.3) is 0 Å². The quantitative estimate of drug-likeness (QED) is 0.340. The Morgan fingerprint density at radius 3 is 1.92 bits per heavy atom. The number of para-hydroxylation sites is 2. The fraction of sp³-hybridized carbons (Fsp3) is 0. The lowest BCUT2D eigenvalue weighted by molar-refractivity contribution is 0.475. The zero-order valence-corrected chi connectivity index (χ0v) is 14.7. The van der Waals surface area contributed by atoms with Crippen LogP contribution in [0.15, 0.2) is 85.1 Å². The van der Waals surface area contributed by atoms with Crippen molar-refractivity contribution in [1.82, 2.24) is 4.98 Å². The lowest BCUT2D eigenvalue weighted by Gasteiger charge is -1.95. The van der Waals surface area contributed by atoms with Crippen LogP contribution in [0.3, 0.4) is 0 Å². The molecule has 0 atom stereocenters. The van der Waals surface area contributed by atoms with Crippen LogP contribution in [0.4, 0.5) is 0 Å². The Labute approximate surface area is 156 Å². The highest BCUT2D eigenvalue weighted by molar-refractivity contribution is 6.42. The van der Waals surface area contributed by atoms with Gasteiger partial charge in [-0.05, 0) is 41.8 Å². The van der Waals surface area contributed by atoms with Gasteiger partial charge in [0.15, 0.2) is 0 Å². The molecule has 1 heterocycles. The third kappa shape index (κ3) is 6.07. The third-order valence-electron chi connectivity index (χ3n) is 3.15. The molecule has 0 unspecified atom stereocenters. The Hall–Kier alpha value is -2.62. The average molecular weight is 374 g/mol. The van der Waals surface area contributed by atoms with Crippen molar-refractivity contribution in [3.05, 3.63) is 95.1 Å². The van der Waals surface area contributed by atoms with Gasteiger partial charge in [0, 0.05) is 11.7 Å². The Balaban J connectivity index is 0.000000137. The maximum Gasteiger partial charge on any atom is 0.135 e. The van der Waals surface area contributed by atoms with Gasteiger partial charge in [0.1, 0.15) is 16.5 Å². The van der Waals surface area contributed by atoms with Gasteiger partial charge in [0.05, 0.1) is 5.02 Å². The number of aromatic nitrogens is 1. The SMILES string of the molecule is Oc1cccc(Cl)c1Cl.Oc1ccccc1.c1ccc2[nH]ccc2c1. The van der Waals surface area contributed by atoms with Crippen molar-refractivity contribution in [3.8, 4) is 11.5 Å². The van der Waals surface area contributed by atoms with Crippen LogP contribution in [0.2, 0.25) is 10.0 Å². The van der Waals surface area contributed by atoms with Crippen molar-refractivity contribution in [3.63, 3.8) is 0 Å². The molecule has 0 bridgehead atoms. The zero-order valence-electron chi connectivity index (χ0n) is 13.2. The Morgan fingerprint density at radius 2 is 1.36 bits per heavy atom. The molecule has 3 aromatic carbocycles. The molecule has 0 spiro atoms. The first-order valence-corrected chi connectivity index (χ1v) is 8.22. The molecule has 4 rings (SSSR count). The van der Waals surface area contributed by atoms with Crippen molar-refractivity contribution in [1.29, 1.82) is 0 Å². The fourth-order valence-corrected chi connectivity index (χ4v) is 2.21. The number of benzene rings is 3. The van der Waals surface area contributed by atoms with E-state index in [0.29, 0.717) is 10.8 Å². The van der Waals surface area contributed by atoms with Crippen molar-refractivity contribution < 1.29 is 10.2 Å². The number of fused-ring (bicyclic) bond motifs is 1. The van der Waals surface area contributed by atoms with Gasteiger partial charge in [-0.3, -0.25) is 0 Å².